The number of benzene rings is 1. The van der Waals surface area contributed by atoms with Gasteiger partial charge in [-0.3, -0.25) is 29.8 Å². The maximum absolute atomic E-state index is 12.8. The van der Waals surface area contributed by atoms with Crippen molar-refractivity contribution in [3.8, 4) is 0 Å². The molecule has 1 aromatic carbocycles. The Bertz CT molecular complexity index is 956. The molecule has 1 unspecified atom stereocenters. The minimum absolute atomic E-state index is 0.0743. The molecule has 2 heterocycles. The van der Waals surface area contributed by atoms with E-state index in [9.17, 15) is 24.0 Å². The molecule has 10 heteroatoms. The van der Waals surface area contributed by atoms with Crippen molar-refractivity contribution in [1.29, 1.82) is 0 Å². The highest BCUT2D eigenvalue weighted by Gasteiger charge is 2.39. The number of piperidine rings is 1. The van der Waals surface area contributed by atoms with Crippen LogP contribution in [0, 0.1) is 0 Å². The Morgan fingerprint density at radius 3 is 2.74 bits per heavy atom. The third-order valence-corrected chi connectivity index (χ3v) is 5.10. The maximum atomic E-state index is 12.8. The van der Waals surface area contributed by atoms with Gasteiger partial charge in [-0.15, -0.1) is 0 Å². The molecule has 1 aromatic rings. The average Bonchev–Trinajstić information content (AvgIpc) is 3.06. The van der Waals surface area contributed by atoms with Gasteiger partial charge < -0.3 is 14.4 Å². The van der Waals surface area contributed by atoms with Gasteiger partial charge in [-0.2, -0.15) is 0 Å². The molecule has 0 saturated carbocycles. The number of fused-ring (bicyclic) bond motifs is 1. The van der Waals surface area contributed by atoms with Crippen molar-refractivity contribution < 1.29 is 33.4 Å². The topological polar surface area (TPSA) is 131 Å². The van der Waals surface area contributed by atoms with Crippen LogP contribution in [0.3, 0.4) is 0 Å². The lowest BCUT2D eigenvalue weighted by molar-refractivity contribution is -0.140. The number of carbonyl (C=O) groups is 5. The van der Waals surface area contributed by atoms with E-state index in [2.05, 4.69) is 21.9 Å². The summed E-state index contributed by atoms with van der Waals surface area (Å²) in [5, 5.41) is 4.70. The van der Waals surface area contributed by atoms with Crippen LogP contribution in [0.4, 0.5) is 4.79 Å². The van der Waals surface area contributed by atoms with Gasteiger partial charge >= 0.3 is 12.1 Å². The van der Waals surface area contributed by atoms with Crippen LogP contribution in [0.15, 0.2) is 30.5 Å². The molecule has 0 radical (unpaired) electrons. The van der Waals surface area contributed by atoms with Gasteiger partial charge in [0.15, 0.2) is 0 Å². The third-order valence-electron chi connectivity index (χ3n) is 5.10. The van der Waals surface area contributed by atoms with E-state index in [1.54, 1.807) is 18.2 Å². The molecule has 2 N–H and O–H groups in total. The van der Waals surface area contributed by atoms with Gasteiger partial charge in [0.25, 0.3) is 5.91 Å². The van der Waals surface area contributed by atoms with E-state index in [-0.39, 0.29) is 44.2 Å². The first-order valence-corrected chi connectivity index (χ1v) is 9.73. The summed E-state index contributed by atoms with van der Waals surface area (Å²) >= 11 is 0. The number of ether oxygens (including phenoxy) is 2. The summed E-state index contributed by atoms with van der Waals surface area (Å²) in [4.78, 5) is 60.7. The number of carbonyl (C=O) groups excluding carboxylic acids is 5. The quantitative estimate of drug-likeness (QED) is 0.491. The molecular weight excluding hydrogens is 406 g/mol. The Hall–Kier alpha value is -3.69. The minimum Gasteiger partial charge on any atom is -0.469 e. The van der Waals surface area contributed by atoms with Crippen LogP contribution < -0.4 is 10.6 Å². The lowest BCUT2D eigenvalue weighted by Crippen LogP contribution is -2.52. The Kier molecular flexibility index (Phi) is 6.68. The predicted octanol–water partition coefficient (Wildman–Crippen LogP) is 1.14. The molecule has 10 nitrogen and oxygen atoms in total. The fraction of sp³-hybridized carbons (Fsp3) is 0.381. The summed E-state index contributed by atoms with van der Waals surface area (Å²) in [6.07, 6.45) is 0.0694. The molecule has 1 atom stereocenters. The first kappa shape index (κ1) is 22.0. The maximum Gasteiger partial charge on any atom is 0.411 e. The molecule has 0 aliphatic carbocycles. The van der Waals surface area contributed by atoms with Crippen molar-refractivity contribution in [2.24, 2.45) is 0 Å². The lowest BCUT2D eigenvalue weighted by atomic mass is 10.0. The first-order valence-electron chi connectivity index (χ1n) is 9.73. The second-order valence-electron chi connectivity index (χ2n) is 7.27. The molecule has 1 saturated heterocycles. The second kappa shape index (κ2) is 9.41. The van der Waals surface area contributed by atoms with Crippen LogP contribution >= 0.6 is 0 Å². The van der Waals surface area contributed by atoms with Crippen LogP contribution in [-0.2, 0) is 37.0 Å². The lowest BCUT2D eigenvalue weighted by Gasteiger charge is -2.29. The predicted molar refractivity (Wildman–Crippen MR) is 106 cm³/mol. The van der Waals surface area contributed by atoms with Crippen molar-refractivity contribution >= 4 is 29.8 Å². The highest BCUT2D eigenvalue weighted by molar-refractivity contribution is 6.05. The van der Waals surface area contributed by atoms with E-state index < -0.39 is 24.0 Å². The Morgan fingerprint density at radius 1 is 1.26 bits per heavy atom. The normalized spacial score (nSPS) is 17.6. The van der Waals surface area contributed by atoms with E-state index >= 15 is 0 Å². The minimum atomic E-state index is -0.730. The molecular formula is C21H23N3O7. The van der Waals surface area contributed by atoms with E-state index in [0.717, 1.165) is 5.56 Å². The number of alkyl carbamates (subject to hydrolysis) is 1. The average molecular weight is 429 g/mol. The zero-order chi connectivity index (χ0) is 22.5. The van der Waals surface area contributed by atoms with Crippen molar-refractivity contribution in [1.82, 2.24) is 15.5 Å². The van der Waals surface area contributed by atoms with Gasteiger partial charge in [0.1, 0.15) is 12.6 Å². The van der Waals surface area contributed by atoms with E-state index in [0.29, 0.717) is 23.2 Å². The zero-order valence-electron chi connectivity index (χ0n) is 17.1. The molecule has 0 aromatic heterocycles. The molecule has 31 heavy (non-hydrogen) atoms. The number of hydrogen-bond donors (Lipinski definition) is 2. The number of amides is 4. The number of imide groups is 1. The van der Waals surface area contributed by atoms with Crippen molar-refractivity contribution in [3.63, 3.8) is 0 Å². The summed E-state index contributed by atoms with van der Waals surface area (Å²) in [6.45, 7) is 3.86. The Balaban J connectivity index is 1.54. The number of nitrogens with zero attached hydrogens (tertiary/aromatic N) is 1. The van der Waals surface area contributed by atoms with Gasteiger partial charge in [0.2, 0.25) is 11.8 Å². The van der Waals surface area contributed by atoms with E-state index in [1.165, 1.54) is 12.0 Å². The molecule has 4 amide bonds. The summed E-state index contributed by atoms with van der Waals surface area (Å²) in [6, 6.07) is 4.44. The number of methoxy groups -OCH3 is 1. The van der Waals surface area contributed by atoms with Crippen LogP contribution in [0.1, 0.15) is 47.2 Å². The van der Waals surface area contributed by atoms with Gasteiger partial charge in [0, 0.05) is 24.2 Å². The fourth-order valence-corrected chi connectivity index (χ4v) is 3.44. The van der Waals surface area contributed by atoms with Gasteiger partial charge in [-0.25, -0.2) is 4.79 Å². The number of esters is 1. The highest BCUT2D eigenvalue weighted by atomic mass is 16.5. The largest absolute Gasteiger partial charge is 0.469 e. The third kappa shape index (κ3) is 5.27. The summed E-state index contributed by atoms with van der Waals surface area (Å²) in [5.41, 5.74) is 2.12. The SMILES string of the molecule is C=C(CCC(=O)OC)NC(=O)OCc1ccc2c(c1)C(=O)N(C1CCC(=O)NC1=O)C2. The Morgan fingerprint density at radius 2 is 2.03 bits per heavy atom. The second-order valence-corrected chi connectivity index (χ2v) is 7.27. The Labute approximate surface area is 178 Å². The van der Waals surface area contributed by atoms with Crippen LogP contribution in [0.25, 0.3) is 0 Å². The molecule has 2 aliphatic heterocycles. The monoisotopic (exact) mass is 429 g/mol. The molecule has 1 fully saturated rings. The molecule has 2 aliphatic rings. The smallest absolute Gasteiger partial charge is 0.411 e. The van der Waals surface area contributed by atoms with Crippen LogP contribution in [0.5, 0.6) is 0 Å². The van der Waals surface area contributed by atoms with Crippen molar-refractivity contribution in [3.05, 3.63) is 47.2 Å². The first-order chi connectivity index (χ1) is 14.8. The fourth-order valence-electron chi connectivity index (χ4n) is 3.44. The number of rotatable bonds is 7. The highest BCUT2D eigenvalue weighted by Crippen LogP contribution is 2.28. The molecule has 0 spiro atoms. The number of nitrogens with one attached hydrogen (secondary N) is 2. The molecule has 0 bridgehead atoms. The molecule has 3 rings (SSSR count). The number of allylic oxidation sites excluding steroid dienone is 1. The van der Waals surface area contributed by atoms with Crippen LogP contribution in [0.2, 0.25) is 0 Å². The summed E-state index contributed by atoms with van der Waals surface area (Å²) in [7, 11) is 1.28. The van der Waals surface area contributed by atoms with Gasteiger partial charge in [0.05, 0.1) is 13.5 Å². The standard InChI is InChI=1S/C21H23N3O7/c1-12(3-8-18(26)30-2)22-21(29)31-11-13-4-5-14-10-24(20(28)15(14)9-13)16-6-7-17(25)23-19(16)27/h4-5,9,16H,1,3,6-8,10-11H2,2H3,(H,22,29)(H,23,25,27). The summed E-state index contributed by atoms with van der Waals surface area (Å²) < 4.78 is 9.67. The van der Waals surface area contributed by atoms with Crippen LogP contribution in [-0.4, -0.2) is 47.8 Å². The van der Waals surface area contributed by atoms with Crippen molar-refractivity contribution in [2.75, 3.05) is 7.11 Å². The van der Waals surface area contributed by atoms with E-state index in [1.807, 2.05) is 0 Å². The van der Waals surface area contributed by atoms with Crippen molar-refractivity contribution in [2.45, 2.75) is 44.9 Å². The van der Waals surface area contributed by atoms with Gasteiger partial charge in [-0.1, -0.05) is 18.7 Å². The summed E-state index contributed by atoms with van der Waals surface area (Å²) in [5.74, 6) is -1.52. The number of hydrogen-bond acceptors (Lipinski definition) is 7. The van der Waals surface area contributed by atoms with Gasteiger partial charge in [-0.05, 0) is 30.0 Å². The van der Waals surface area contributed by atoms with E-state index in [4.69, 9.17) is 4.74 Å². The zero-order valence-corrected chi connectivity index (χ0v) is 17.1. The molecule has 164 valence electrons.